The minimum absolute atomic E-state index is 0.827. The first-order valence-electron chi connectivity index (χ1n) is 43.7. The SMILES string of the molecule is CC(=O)N[C@H]1[C@H](O[C@H]2[C@H](O)[C@@H](NC(C)=O)C(O)O[C@@H]2CO)O[C@H](CO)[C@@H](O[C@@H]2O[C@H](CO[C@H]3O[C@H](CO)[C@@H](O[C@@H]4O[C@H](CO)[C@@H](O[C@@H]5O[C@H](CO)[C@H](O)[C@H](O)[C@H]5O)[C@H](O)[C@H]4NC(C)=O)[C@H](O)[C@@H]3O[C@@H]3O[C@H](CO)[C@@H](O[C@@H]4O[C@H](CO)[C@H](O)[C@H](O)[C@H]4O)[C@H](O)[C@H]3NC(C)=O)[C@@H](O)[C@H](O[C@H]3O[C@H](CO)[C@@H](O)[C@H](O)[C@@H]3O[C@@H]3O[C@H](CO)[C@@H](O[C@@H]4O[C@H](CO)[C@H](O)[C@H](O)[C@H]4O)[C@H](O)[C@H]3NC(C)=O)[C@@H]2O)[C@@H]1O. The molecule has 11 saturated heterocycles. The van der Waals surface area contributed by atoms with Crippen molar-refractivity contribution in [2.24, 2.45) is 0 Å². The Bertz CT molecular complexity index is 3780. The molecule has 1 unspecified atom stereocenters. The van der Waals surface area contributed by atoms with Crippen molar-refractivity contribution in [3.63, 3.8) is 0 Å². The van der Waals surface area contributed by atoms with Crippen LogP contribution in [0.1, 0.15) is 34.6 Å². The summed E-state index contributed by atoms with van der Waals surface area (Å²) in [5, 5.41) is 349. The molecule has 0 aromatic rings. The van der Waals surface area contributed by atoms with E-state index < -0.39 is 440 Å². The summed E-state index contributed by atoms with van der Waals surface area (Å²) in [6.45, 7) is -8.37. The summed E-state index contributed by atoms with van der Waals surface area (Å²) in [4.78, 5) is 65.1. The van der Waals surface area contributed by atoms with E-state index in [0.29, 0.717) is 0 Å². The molecule has 0 spiro atoms. The standard InChI is InChI=1S/C76H127N5O56/c1-17(92)77-33-43(102)57(26(10-86)118-66(33)116)129-67-34(78-18(2)93)45(104)61(30(14-90)123-67)134-74-56(115)63(135-76-64(51(110)41(100)25(9-85)122-76)136-69-36(80-20(4)95)46(105)59(28(12-88)125-69)132-72-53(112)49(108)39(98)23(7-83)120-72)42(101)32(128-74)16-117-75-65(137-70-37(81-21(5)96)47(106)60(29(13-89)126-70)133-73-54(113)50(109)40(99)24(8-84)121-73)55(114)62(31(15-91)127-75)130-68-35(79-19(3)94)44(103)58(27(11-87)124-68)131-71-52(111)48(107)38(97)22(6-82)119-71/h22-76,82-91,97-116H,6-16H2,1-5H3,(H,77,92)(H,78,93)(H,79,94)(H,80,95)(H,81,96)/t22-,23-,24-,25-,26-,27-,28-,29-,30-,31-,32-,33-,34-,35-,36-,37-,38+,39+,40+,41-,42-,43-,44-,45-,46-,47-,48+,49+,50+,51+,52-,53-,54-,55+,56+,57-,58-,59-,60-,61-,62-,63+,64+,65+,66?,67+,68+,69+,70+,71+,72+,73+,74+,75+,76-/m1/s1. The highest BCUT2D eigenvalue weighted by Crippen LogP contribution is 2.42. The minimum atomic E-state index is -2.70. The quantitative estimate of drug-likeness (QED) is 0.0277. The van der Waals surface area contributed by atoms with Crippen molar-refractivity contribution in [3.8, 4) is 0 Å². The van der Waals surface area contributed by atoms with Crippen LogP contribution in [0.4, 0.5) is 0 Å². The second-order valence-corrected chi connectivity index (χ2v) is 34.5. The molecule has 11 heterocycles. The Morgan fingerprint density at radius 2 is 0.401 bits per heavy atom. The second-order valence-electron chi connectivity index (χ2n) is 34.5. The second kappa shape index (κ2) is 49.5. The van der Waals surface area contributed by atoms with Gasteiger partial charge in [0.2, 0.25) is 29.5 Å². The average molecular weight is 2010 g/mol. The van der Waals surface area contributed by atoms with Crippen LogP contribution in [0.5, 0.6) is 0 Å². The van der Waals surface area contributed by atoms with E-state index in [2.05, 4.69) is 26.6 Å². The predicted octanol–water partition coefficient (Wildman–Crippen LogP) is -24.3. The normalized spacial score (nSPS) is 48.9. The van der Waals surface area contributed by atoms with Gasteiger partial charge in [-0.1, -0.05) is 0 Å². The Morgan fingerprint density at radius 1 is 0.190 bits per heavy atom. The third kappa shape index (κ3) is 25.0. The van der Waals surface area contributed by atoms with Crippen molar-refractivity contribution in [2.75, 3.05) is 72.7 Å². The average Bonchev–Trinajstić information content (AvgIpc) is 0.765. The molecule has 11 aliphatic rings. The van der Waals surface area contributed by atoms with E-state index in [1.165, 1.54) is 0 Å². The predicted molar refractivity (Wildman–Crippen MR) is 420 cm³/mol. The smallest absolute Gasteiger partial charge is 0.217 e. The molecule has 11 fully saturated rings. The van der Waals surface area contributed by atoms with Crippen LogP contribution in [0.15, 0.2) is 0 Å². The zero-order valence-corrected chi connectivity index (χ0v) is 73.6. The first kappa shape index (κ1) is 113. The zero-order valence-electron chi connectivity index (χ0n) is 73.6. The van der Waals surface area contributed by atoms with Crippen LogP contribution in [0, 0.1) is 0 Å². The number of ether oxygens (including phenoxy) is 21. The largest absolute Gasteiger partial charge is 0.394 e. The van der Waals surface area contributed by atoms with Crippen LogP contribution in [-0.2, 0) is 123 Å². The maximum absolute atomic E-state index is 13.4. The van der Waals surface area contributed by atoms with Gasteiger partial charge in [-0.3, -0.25) is 24.0 Å². The summed E-state index contributed by atoms with van der Waals surface area (Å²) in [5.41, 5.74) is 0. The molecule has 0 radical (unpaired) electrons. The Labute approximate surface area is 775 Å². The summed E-state index contributed by atoms with van der Waals surface area (Å²) < 4.78 is 126. The highest BCUT2D eigenvalue weighted by Gasteiger charge is 2.63. The first-order valence-corrected chi connectivity index (χ1v) is 43.7. The highest BCUT2D eigenvalue weighted by atomic mass is 16.8. The van der Waals surface area contributed by atoms with Gasteiger partial charge < -0.3 is 279 Å². The van der Waals surface area contributed by atoms with E-state index in [-0.39, 0.29) is 0 Å². The van der Waals surface area contributed by atoms with E-state index in [0.717, 1.165) is 34.6 Å². The lowest BCUT2D eigenvalue weighted by Gasteiger charge is -2.51. The van der Waals surface area contributed by atoms with Crippen molar-refractivity contribution in [3.05, 3.63) is 0 Å². The van der Waals surface area contributed by atoms with Crippen LogP contribution >= 0.6 is 0 Å². The molecule has 792 valence electrons. The van der Waals surface area contributed by atoms with Gasteiger partial charge in [0.25, 0.3) is 0 Å². The number of nitrogens with one attached hydrogen (secondary N) is 5. The molecule has 0 aromatic heterocycles. The van der Waals surface area contributed by atoms with Crippen molar-refractivity contribution in [2.45, 2.75) is 372 Å². The molecule has 11 rings (SSSR count). The van der Waals surface area contributed by atoms with Gasteiger partial charge in [0.05, 0.1) is 72.7 Å². The molecule has 5 amide bonds. The first-order chi connectivity index (χ1) is 64.9. The molecule has 55 atom stereocenters. The number of aliphatic hydroxyl groups excluding tert-OH is 30. The van der Waals surface area contributed by atoms with Crippen LogP contribution in [-0.4, -0.2) is 593 Å². The summed E-state index contributed by atoms with van der Waals surface area (Å²) >= 11 is 0. The van der Waals surface area contributed by atoms with Crippen LogP contribution in [0.25, 0.3) is 0 Å². The molecule has 61 heteroatoms. The molecule has 0 bridgehead atoms. The van der Waals surface area contributed by atoms with E-state index in [4.69, 9.17) is 99.5 Å². The lowest BCUT2D eigenvalue weighted by atomic mass is 9.93. The Morgan fingerprint density at radius 3 is 0.701 bits per heavy atom. The van der Waals surface area contributed by atoms with Crippen LogP contribution in [0.2, 0.25) is 0 Å². The maximum atomic E-state index is 13.4. The molecule has 11 aliphatic heterocycles. The fourth-order valence-electron chi connectivity index (χ4n) is 17.8. The van der Waals surface area contributed by atoms with Gasteiger partial charge in [0.15, 0.2) is 69.2 Å². The molecule has 61 nitrogen and oxygen atoms in total. The molecule has 0 aromatic carbocycles. The molecule has 35 N–H and O–H groups in total. The number of carbonyl (C=O) groups excluding carboxylic acids is 5. The van der Waals surface area contributed by atoms with Crippen molar-refractivity contribution in [1.82, 2.24) is 26.6 Å². The third-order valence-electron chi connectivity index (χ3n) is 25.0. The van der Waals surface area contributed by atoms with Gasteiger partial charge in [-0.25, -0.2) is 0 Å². The summed E-state index contributed by atoms with van der Waals surface area (Å²) in [5.74, 6) is -4.88. The van der Waals surface area contributed by atoms with E-state index >= 15 is 0 Å². The van der Waals surface area contributed by atoms with Crippen molar-refractivity contribution < 1.29 is 277 Å². The summed E-state index contributed by atoms with van der Waals surface area (Å²) in [6.07, 6.45) is -108. The number of hydrogen-bond donors (Lipinski definition) is 35. The number of amides is 5. The monoisotopic (exact) mass is 2010 g/mol. The molecule has 0 aliphatic carbocycles. The maximum Gasteiger partial charge on any atom is 0.217 e. The van der Waals surface area contributed by atoms with E-state index in [1.807, 2.05) is 0 Å². The molecule has 137 heavy (non-hydrogen) atoms. The lowest BCUT2D eigenvalue weighted by Crippen LogP contribution is -2.71. The van der Waals surface area contributed by atoms with Gasteiger partial charge in [0.1, 0.15) is 268 Å². The number of hydrogen-bond acceptors (Lipinski definition) is 56. The summed E-state index contributed by atoms with van der Waals surface area (Å²) in [6, 6.07) is -9.86. The van der Waals surface area contributed by atoms with E-state index in [9.17, 15) is 177 Å². The van der Waals surface area contributed by atoms with Gasteiger partial charge in [-0.2, -0.15) is 0 Å². The number of rotatable bonds is 36. The van der Waals surface area contributed by atoms with E-state index in [1.54, 1.807) is 0 Å². The Hall–Kier alpha value is -4.69. The topological polar surface area (TPSA) is 946 Å². The van der Waals surface area contributed by atoms with Crippen LogP contribution < -0.4 is 26.6 Å². The van der Waals surface area contributed by atoms with Gasteiger partial charge in [-0.15, -0.1) is 0 Å². The fourth-order valence-corrected chi connectivity index (χ4v) is 17.8. The highest BCUT2D eigenvalue weighted by molar-refractivity contribution is 5.75. The van der Waals surface area contributed by atoms with Crippen LogP contribution in [0.3, 0.4) is 0 Å². The summed E-state index contributed by atoms with van der Waals surface area (Å²) in [7, 11) is 0. The zero-order chi connectivity index (χ0) is 101. The lowest BCUT2D eigenvalue weighted by molar-refractivity contribution is -0.401. The van der Waals surface area contributed by atoms with Gasteiger partial charge in [-0.05, 0) is 0 Å². The van der Waals surface area contributed by atoms with Crippen molar-refractivity contribution in [1.29, 1.82) is 0 Å². The van der Waals surface area contributed by atoms with Gasteiger partial charge in [0, 0.05) is 34.6 Å². The van der Waals surface area contributed by atoms with Crippen molar-refractivity contribution >= 4 is 29.5 Å². The molecular weight excluding hydrogens is 1880 g/mol. The Kier molecular flexibility index (Phi) is 40.7. The third-order valence-corrected chi connectivity index (χ3v) is 25.0. The molecular formula is C76H127N5O56. The molecule has 0 saturated carbocycles. The minimum Gasteiger partial charge on any atom is -0.394 e. The Balaban J connectivity index is 0.975. The number of aliphatic hydroxyl groups is 30. The number of carbonyl (C=O) groups is 5. The fraction of sp³-hybridized carbons (Fsp3) is 0.934. The van der Waals surface area contributed by atoms with Gasteiger partial charge >= 0.3 is 0 Å².